The Morgan fingerprint density at radius 2 is 1.83 bits per heavy atom. The van der Waals surface area contributed by atoms with Gasteiger partial charge in [-0.15, -0.1) is 0 Å². The Hall–Kier alpha value is -0.0900. The lowest BCUT2D eigenvalue weighted by Gasteiger charge is -2.23. The Morgan fingerprint density at radius 3 is 2.08 bits per heavy atom. The molecule has 0 unspecified atom stereocenters. The molecule has 3 nitrogen and oxygen atoms in total. The van der Waals surface area contributed by atoms with Gasteiger partial charge in [-0.2, -0.15) is 4.31 Å². The van der Waals surface area contributed by atoms with E-state index in [-0.39, 0.29) is 6.04 Å². The van der Waals surface area contributed by atoms with Gasteiger partial charge in [0.2, 0.25) is 10.0 Å². The Bertz CT molecular complexity index is 209. The molecule has 0 aliphatic rings. The van der Waals surface area contributed by atoms with Crippen molar-refractivity contribution in [2.45, 2.75) is 39.7 Å². The molecule has 0 fully saturated rings. The van der Waals surface area contributed by atoms with Crippen LogP contribution in [0.5, 0.6) is 0 Å². The lowest BCUT2D eigenvalue weighted by Crippen LogP contribution is -2.36. The summed E-state index contributed by atoms with van der Waals surface area (Å²) in [5.74, 6) is 0. The molecule has 74 valence electrons. The molecule has 0 amide bonds. The summed E-state index contributed by atoms with van der Waals surface area (Å²) < 4.78 is 23.9. The first-order chi connectivity index (χ1) is 5.39. The minimum absolute atomic E-state index is 0.0755. The molecule has 0 aromatic rings. The third-order valence-corrected chi connectivity index (χ3v) is 3.19. The lowest BCUT2D eigenvalue weighted by atomic mass is 10.3. The van der Waals surface area contributed by atoms with E-state index in [1.807, 2.05) is 13.8 Å². The molecular formula is C8H19NO2S. The summed E-state index contributed by atoms with van der Waals surface area (Å²) in [5, 5.41) is 0. The summed E-state index contributed by atoms with van der Waals surface area (Å²) in [5.41, 5.74) is 0. The van der Waals surface area contributed by atoms with Crippen molar-refractivity contribution in [3.8, 4) is 0 Å². The first-order valence-electron chi connectivity index (χ1n) is 4.36. The van der Waals surface area contributed by atoms with Crippen LogP contribution in [0.1, 0.15) is 33.6 Å². The van der Waals surface area contributed by atoms with Gasteiger partial charge < -0.3 is 0 Å². The van der Waals surface area contributed by atoms with Crippen LogP contribution in [0, 0.1) is 0 Å². The van der Waals surface area contributed by atoms with Crippen LogP contribution in [0.15, 0.2) is 0 Å². The highest BCUT2D eigenvalue weighted by Gasteiger charge is 2.18. The largest absolute Gasteiger partial charge is 0.212 e. The normalized spacial score (nSPS) is 12.8. The van der Waals surface area contributed by atoms with E-state index in [1.165, 1.54) is 10.6 Å². The topological polar surface area (TPSA) is 37.4 Å². The van der Waals surface area contributed by atoms with Gasteiger partial charge in [0.15, 0.2) is 0 Å². The molecule has 0 aliphatic carbocycles. The number of sulfonamides is 1. The summed E-state index contributed by atoms with van der Waals surface area (Å²) in [6.45, 7) is 6.50. The first-order valence-corrected chi connectivity index (χ1v) is 6.21. The van der Waals surface area contributed by atoms with Gasteiger partial charge in [0, 0.05) is 12.6 Å². The molecule has 0 aromatic heterocycles. The molecule has 0 radical (unpaired) electrons. The summed E-state index contributed by atoms with van der Waals surface area (Å²) in [6, 6.07) is 0.0755. The third kappa shape index (κ3) is 4.07. The van der Waals surface area contributed by atoms with E-state index in [4.69, 9.17) is 0 Å². The van der Waals surface area contributed by atoms with Gasteiger partial charge in [0.1, 0.15) is 0 Å². The van der Waals surface area contributed by atoms with E-state index in [0.717, 1.165) is 12.8 Å². The predicted octanol–water partition coefficient (Wildman–Crippen LogP) is 1.46. The van der Waals surface area contributed by atoms with Crippen molar-refractivity contribution >= 4 is 10.0 Å². The number of unbranched alkanes of at least 4 members (excludes halogenated alkanes) is 1. The molecule has 12 heavy (non-hydrogen) atoms. The van der Waals surface area contributed by atoms with Crippen molar-refractivity contribution < 1.29 is 8.42 Å². The van der Waals surface area contributed by atoms with Gasteiger partial charge in [-0.25, -0.2) is 8.42 Å². The van der Waals surface area contributed by atoms with Crippen LogP contribution < -0.4 is 0 Å². The van der Waals surface area contributed by atoms with E-state index >= 15 is 0 Å². The highest BCUT2D eigenvalue weighted by molar-refractivity contribution is 7.88. The Labute approximate surface area is 75.8 Å². The molecule has 0 rings (SSSR count). The number of hydrogen-bond donors (Lipinski definition) is 0. The highest BCUT2D eigenvalue weighted by Crippen LogP contribution is 2.06. The number of nitrogens with zero attached hydrogens (tertiary/aromatic N) is 1. The van der Waals surface area contributed by atoms with Crippen LogP contribution in [-0.4, -0.2) is 31.6 Å². The zero-order valence-electron chi connectivity index (χ0n) is 8.37. The summed E-state index contributed by atoms with van der Waals surface area (Å²) >= 11 is 0. The van der Waals surface area contributed by atoms with Crippen molar-refractivity contribution in [3.05, 3.63) is 0 Å². The van der Waals surface area contributed by atoms with Crippen molar-refractivity contribution in [1.82, 2.24) is 4.31 Å². The van der Waals surface area contributed by atoms with Crippen LogP contribution >= 0.6 is 0 Å². The molecule has 0 aromatic carbocycles. The molecule has 4 heteroatoms. The van der Waals surface area contributed by atoms with Gasteiger partial charge in [-0.05, 0) is 20.3 Å². The Balaban J connectivity index is 4.26. The zero-order valence-corrected chi connectivity index (χ0v) is 9.19. The average molecular weight is 193 g/mol. The second-order valence-electron chi connectivity index (χ2n) is 3.32. The van der Waals surface area contributed by atoms with Crippen LogP contribution in [0.2, 0.25) is 0 Å². The molecular weight excluding hydrogens is 174 g/mol. The fourth-order valence-corrected chi connectivity index (χ4v) is 2.35. The van der Waals surface area contributed by atoms with Crippen molar-refractivity contribution in [3.63, 3.8) is 0 Å². The van der Waals surface area contributed by atoms with Crippen LogP contribution in [0.4, 0.5) is 0 Å². The van der Waals surface area contributed by atoms with E-state index in [1.54, 1.807) is 0 Å². The first kappa shape index (κ1) is 11.9. The Morgan fingerprint density at radius 1 is 1.33 bits per heavy atom. The maximum Gasteiger partial charge on any atom is 0.211 e. The predicted molar refractivity (Wildman–Crippen MR) is 51.6 cm³/mol. The minimum atomic E-state index is -3.00. The van der Waals surface area contributed by atoms with Crippen LogP contribution in [-0.2, 0) is 10.0 Å². The standard InChI is InChI=1S/C8H19NO2S/c1-5-6-7-9(8(2)3)12(4,10)11/h8H,5-7H2,1-4H3. The van der Waals surface area contributed by atoms with Crippen molar-refractivity contribution in [2.24, 2.45) is 0 Å². The summed E-state index contributed by atoms with van der Waals surface area (Å²) in [6.07, 6.45) is 3.23. The van der Waals surface area contributed by atoms with E-state index < -0.39 is 10.0 Å². The fraction of sp³-hybridized carbons (Fsp3) is 1.00. The van der Waals surface area contributed by atoms with Crippen molar-refractivity contribution in [2.75, 3.05) is 12.8 Å². The molecule has 0 N–H and O–H groups in total. The van der Waals surface area contributed by atoms with Crippen molar-refractivity contribution in [1.29, 1.82) is 0 Å². The molecule has 0 saturated carbocycles. The smallest absolute Gasteiger partial charge is 0.211 e. The monoisotopic (exact) mass is 193 g/mol. The molecule has 0 aliphatic heterocycles. The van der Waals surface area contributed by atoms with E-state index in [9.17, 15) is 8.42 Å². The second-order valence-corrected chi connectivity index (χ2v) is 5.26. The number of hydrogen-bond acceptors (Lipinski definition) is 2. The van der Waals surface area contributed by atoms with Gasteiger partial charge in [0.05, 0.1) is 6.26 Å². The van der Waals surface area contributed by atoms with Crippen LogP contribution in [0.3, 0.4) is 0 Å². The SMILES string of the molecule is CCCCN(C(C)C)S(C)(=O)=O. The molecule has 0 heterocycles. The second kappa shape index (κ2) is 4.82. The van der Waals surface area contributed by atoms with Crippen LogP contribution in [0.25, 0.3) is 0 Å². The molecule has 0 atom stereocenters. The minimum Gasteiger partial charge on any atom is -0.212 e. The summed E-state index contributed by atoms with van der Waals surface area (Å²) in [4.78, 5) is 0. The van der Waals surface area contributed by atoms with E-state index in [2.05, 4.69) is 6.92 Å². The maximum absolute atomic E-state index is 11.2. The third-order valence-electron chi connectivity index (χ3n) is 1.73. The highest BCUT2D eigenvalue weighted by atomic mass is 32.2. The quantitative estimate of drug-likeness (QED) is 0.663. The maximum atomic E-state index is 11.2. The van der Waals surface area contributed by atoms with Gasteiger partial charge >= 0.3 is 0 Å². The zero-order chi connectivity index (χ0) is 9.78. The molecule has 0 saturated heterocycles. The van der Waals surface area contributed by atoms with Gasteiger partial charge in [0.25, 0.3) is 0 Å². The number of rotatable bonds is 5. The average Bonchev–Trinajstić information content (AvgIpc) is 1.84. The molecule has 0 bridgehead atoms. The summed E-state index contributed by atoms with van der Waals surface area (Å²) in [7, 11) is -3.00. The van der Waals surface area contributed by atoms with Gasteiger partial charge in [-0.3, -0.25) is 0 Å². The van der Waals surface area contributed by atoms with E-state index in [0.29, 0.717) is 6.54 Å². The van der Waals surface area contributed by atoms with Gasteiger partial charge in [-0.1, -0.05) is 13.3 Å². The lowest BCUT2D eigenvalue weighted by molar-refractivity contribution is 0.351. The fourth-order valence-electron chi connectivity index (χ4n) is 1.12. The molecule has 0 spiro atoms. The Kier molecular flexibility index (Phi) is 4.78.